The van der Waals surface area contributed by atoms with Gasteiger partial charge in [0.05, 0.1) is 4.90 Å². The summed E-state index contributed by atoms with van der Waals surface area (Å²) in [7, 11) is -4.03. The molecule has 0 aromatic heterocycles. The van der Waals surface area contributed by atoms with Crippen molar-refractivity contribution in [1.82, 2.24) is 4.31 Å². The Kier molecular flexibility index (Phi) is 6.34. The minimum absolute atomic E-state index is 0.00728. The third kappa shape index (κ3) is 4.70. The van der Waals surface area contributed by atoms with Crippen LogP contribution in [0.5, 0.6) is 0 Å². The predicted molar refractivity (Wildman–Crippen MR) is 108 cm³/mol. The van der Waals surface area contributed by atoms with Crippen LogP contribution >= 0.6 is 11.6 Å². The van der Waals surface area contributed by atoms with Crippen LogP contribution in [0.4, 0.5) is 0 Å². The molecule has 1 saturated heterocycles. The number of piperidine rings is 1. The number of benzene rings is 2. The Bertz CT molecular complexity index is 1080. The lowest BCUT2D eigenvalue weighted by Crippen LogP contribution is -2.58. The summed E-state index contributed by atoms with van der Waals surface area (Å²) in [5.74, 6) is 0. The first-order valence-corrected chi connectivity index (χ1v) is 10.8. The molecule has 1 aliphatic rings. The van der Waals surface area contributed by atoms with Crippen molar-refractivity contribution in [2.75, 3.05) is 13.1 Å². The Morgan fingerprint density at radius 2 is 1.68 bits per heavy atom. The van der Waals surface area contributed by atoms with Crippen molar-refractivity contribution >= 4 is 21.6 Å². The van der Waals surface area contributed by atoms with Crippen molar-refractivity contribution in [1.29, 1.82) is 0 Å². The molecule has 11 nitrogen and oxygen atoms in total. The Morgan fingerprint density at radius 1 is 1.06 bits per heavy atom. The van der Waals surface area contributed by atoms with Gasteiger partial charge in [-0.15, -0.1) is 20.2 Å². The summed E-state index contributed by atoms with van der Waals surface area (Å²) in [5, 5.41) is 20.6. The molecule has 0 unspecified atom stereocenters. The highest BCUT2D eigenvalue weighted by molar-refractivity contribution is 7.89. The van der Waals surface area contributed by atoms with Crippen molar-refractivity contribution < 1.29 is 28.3 Å². The highest BCUT2D eigenvalue weighted by Gasteiger charge is 2.52. The summed E-state index contributed by atoms with van der Waals surface area (Å²) in [6.45, 7) is 1.07. The van der Waals surface area contributed by atoms with Crippen LogP contribution in [0.3, 0.4) is 0 Å². The number of nitrogens with zero attached hydrogens (tertiary/aromatic N) is 3. The van der Waals surface area contributed by atoms with Gasteiger partial charge in [0.25, 0.3) is 10.2 Å². The summed E-state index contributed by atoms with van der Waals surface area (Å²) >= 11 is 5.88. The van der Waals surface area contributed by atoms with Crippen molar-refractivity contribution in [3.05, 3.63) is 84.9 Å². The maximum Gasteiger partial charge on any atom is 0.295 e. The Labute approximate surface area is 182 Å². The molecule has 2 aromatic carbocycles. The van der Waals surface area contributed by atoms with Crippen LogP contribution in [0, 0.1) is 27.2 Å². The minimum Gasteiger partial charge on any atom is -0.306 e. The van der Waals surface area contributed by atoms with Crippen LogP contribution in [0.2, 0.25) is 5.02 Å². The average molecular weight is 472 g/mol. The first kappa shape index (κ1) is 22.7. The van der Waals surface area contributed by atoms with Gasteiger partial charge in [-0.25, -0.2) is 8.42 Å². The third-order valence-electron chi connectivity index (χ3n) is 5.06. The molecule has 3 rings (SSSR count). The van der Waals surface area contributed by atoms with Gasteiger partial charge in [0.2, 0.25) is 10.0 Å². The number of hydrogen-bond acceptors (Lipinski definition) is 8. The Morgan fingerprint density at radius 3 is 2.23 bits per heavy atom. The molecule has 1 fully saturated rings. The number of aryl methyl sites for hydroxylation is 1. The quantitative estimate of drug-likeness (QED) is 0.443. The van der Waals surface area contributed by atoms with Gasteiger partial charge in [-0.3, -0.25) is 0 Å². The van der Waals surface area contributed by atoms with Crippen LogP contribution in [-0.4, -0.2) is 42.1 Å². The van der Waals surface area contributed by atoms with Crippen molar-refractivity contribution in [2.45, 2.75) is 29.9 Å². The normalized spacial score (nSPS) is 21.9. The van der Waals surface area contributed by atoms with Crippen LogP contribution in [0.1, 0.15) is 17.5 Å². The maximum atomic E-state index is 13.1. The Hall–Kier alpha value is -2.96. The van der Waals surface area contributed by atoms with E-state index in [9.17, 15) is 28.6 Å². The molecule has 1 heterocycles. The van der Waals surface area contributed by atoms with E-state index in [0.29, 0.717) is 5.02 Å². The molecule has 0 radical (unpaired) electrons. The summed E-state index contributed by atoms with van der Waals surface area (Å²) in [6.07, 6.45) is -1.87. The fourth-order valence-electron chi connectivity index (χ4n) is 3.53. The van der Waals surface area contributed by atoms with E-state index >= 15 is 0 Å². The lowest BCUT2D eigenvalue weighted by Gasteiger charge is -2.44. The van der Waals surface area contributed by atoms with Gasteiger partial charge in [0.1, 0.15) is 0 Å². The molecule has 31 heavy (non-hydrogen) atoms. The van der Waals surface area contributed by atoms with Gasteiger partial charge in [0, 0.05) is 18.1 Å². The second-order valence-electron chi connectivity index (χ2n) is 6.96. The van der Waals surface area contributed by atoms with Crippen molar-refractivity contribution in [3.63, 3.8) is 0 Å². The molecular weight excluding hydrogens is 454 g/mol. The van der Waals surface area contributed by atoms with E-state index in [0.717, 1.165) is 9.87 Å². The fourth-order valence-corrected chi connectivity index (χ4v) is 5.10. The van der Waals surface area contributed by atoms with Crippen molar-refractivity contribution in [3.8, 4) is 0 Å². The monoisotopic (exact) mass is 471 g/mol. The second kappa shape index (κ2) is 8.65. The van der Waals surface area contributed by atoms with E-state index in [2.05, 4.69) is 0 Å². The molecule has 13 heteroatoms. The highest BCUT2D eigenvalue weighted by atomic mass is 35.5. The zero-order chi connectivity index (χ0) is 22.8. The van der Waals surface area contributed by atoms with Crippen LogP contribution in [-0.2, 0) is 25.3 Å². The standard InChI is InChI=1S/C18H18ClN3O8S/c1-13-2-8-16(9-3-13)31(27,28)20-11-10-18(30-22(25)26,17(12-20)29-21(23)24)14-4-6-15(19)7-5-14/h2-9,17H,10-12H2,1H3/t17-,18+/m0/s1. The summed E-state index contributed by atoms with van der Waals surface area (Å²) in [6, 6.07) is 11.8. The van der Waals surface area contributed by atoms with Gasteiger partial charge in [-0.1, -0.05) is 41.4 Å². The largest absolute Gasteiger partial charge is 0.306 e. The van der Waals surface area contributed by atoms with Crippen LogP contribution < -0.4 is 0 Å². The minimum atomic E-state index is -4.03. The number of hydrogen-bond donors (Lipinski definition) is 0. The lowest BCUT2D eigenvalue weighted by molar-refractivity contribution is -0.814. The summed E-state index contributed by atoms with van der Waals surface area (Å²) < 4.78 is 27.1. The van der Waals surface area contributed by atoms with E-state index in [1.54, 1.807) is 19.1 Å². The van der Waals surface area contributed by atoms with E-state index < -0.39 is 38.4 Å². The molecule has 0 amide bonds. The molecule has 0 aliphatic carbocycles. The summed E-state index contributed by atoms with van der Waals surface area (Å²) in [4.78, 5) is 32.1. The molecule has 166 valence electrons. The van der Waals surface area contributed by atoms with E-state index in [1.807, 2.05) is 0 Å². The topological polar surface area (TPSA) is 142 Å². The van der Waals surface area contributed by atoms with Gasteiger partial charge >= 0.3 is 0 Å². The van der Waals surface area contributed by atoms with E-state index in [-0.39, 0.29) is 23.4 Å². The number of rotatable bonds is 7. The molecule has 1 aliphatic heterocycles. The zero-order valence-electron chi connectivity index (χ0n) is 16.2. The van der Waals surface area contributed by atoms with Gasteiger partial charge in [-0.05, 0) is 43.2 Å². The van der Waals surface area contributed by atoms with Gasteiger partial charge in [0.15, 0.2) is 11.7 Å². The Balaban J connectivity index is 2.02. The molecule has 0 N–H and O–H groups in total. The SMILES string of the molecule is Cc1ccc(S(=O)(=O)N2CC[C@@](O[N+](=O)[O-])(c3ccc(Cl)cc3)[C@@H](O[N+](=O)[O-])C2)cc1. The molecule has 0 bridgehead atoms. The van der Waals surface area contributed by atoms with Crippen LogP contribution in [0.25, 0.3) is 0 Å². The second-order valence-corrected chi connectivity index (χ2v) is 9.33. The van der Waals surface area contributed by atoms with E-state index in [1.165, 1.54) is 36.4 Å². The smallest absolute Gasteiger partial charge is 0.295 e. The fraction of sp³-hybridized carbons (Fsp3) is 0.333. The summed E-state index contributed by atoms with van der Waals surface area (Å²) in [5.41, 5.74) is -0.846. The number of halogens is 1. The first-order chi connectivity index (χ1) is 14.5. The zero-order valence-corrected chi connectivity index (χ0v) is 17.8. The third-order valence-corrected chi connectivity index (χ3v) is 7.20. The van der Waals surface area contributed by atoms with E-state index in [4.69, 9.17) is 21.3 Å². The predicted octanol–water partition coefficient (Wildman–Crippen LogP) is 2.72. The van der Waals surface area contributed by atoms with Gasteiger partial charge < -0.3 is 9.68 Å². The molecule has 2 atom stereocenters. The molecular formula is C18H18ClN3O8S. The number of sulfonamides is 1. The molecule has 2 aromatic rings. The highest BCUT2D eigenvalue weighted by Crippen LogP contribution is 2.40. The van der Waals surface area contributed by atoms with Crippen LogP contribution in [0.15, 0.2) is 53.4 Å². The molecule has 0 saturated carbocycles. The molecule has 0 spiro atoms. The average Bonchev–Trinajstić information content (AvgIpc) is 2.69. The lowest BCUT2D eigenvalue weighted by atomic mass is 9.82. The maximum absolute atomic E-state index is 13.1. The van der Waals surface area contributed by atoms with Gasteiger partial charge in [-0.2, -0.15) is 4.31 Å². The van der Waals surface area contributed by atoms with Crippen molar-refractivity contribution in [2.24, 2.45) is 0 Å². The first-order valence-electron chi connectivity index (χ1n) is 9.02.